The maximum atomic E-state index is 13.8. The number of halogens is 2. The lowest BCUT2D eigenvalue weighted by molar-refractivity contribution is 0.441. The van der Waals surface area contributed by atoms with Gasteiger partial charge < -0.3 is 5.73 Å². The Balaban J connectivity index is 2.00. The highest BCUT2D eigenvalue weighted by atomic mass is 32.1. The number of fused-ring (bicyclic) bond motifs is 1. The fourth-order valence-electron chi connectivity index (χ4n) is 2.93. The topological polar surface area (TPSA) is 26.0 Å². The SMILES string of the molecule is NC(c1c(F)cccc1F)C1CCCc2sccc21. The lowest BCUT2D eigenvalue weighted by Crippen LogP contribution is -2.24. The van der Waals surface area contributed by atoms with Crippen LogP contribution in [0, 0.1) is 11.6 Å². The summed E-state index contributed by atoms with van der Waals surface area (Å²) in [6, 6.07) is 5.35. The van der Waals surface area contributed by atoms with E-state index in [1.54, 1.807) is 11.3 Å². The van der Waals surface area contributed by atoms with Gasteiger partial charge in [0, 0.05) is 22.4 Å². The third-order valence-electron chi connectivity index (χ3n) is 3.86. The Hall–Kier alpha value is -1.26. The summed E-state index contributed by atoms with van der Waals surface area (Å²) in [5, 5.41) is 2.04. The Kier molecular flexibility index (Phi) is 3.37. The predicted octanol–water partition coefficient (Wildman–Crippen LogP) is 4.15. The number of hydrogen-bond acceptors (Lipinski definition) is 2. The number of thiophene rings is 1. The first kappa shape index (κ1) is 12.8. The van der Waals surface area contributed by atoms with E-state index in [4.69, 9.17) is 5.73 Å². The maximum absolute atomic E-state index is 13.8. The molecular weight excluding hydrogens is 264 g/mol. The molecule has 1 aliphatic rings. The van der Waals surface area contributed by atoms with E-state index >= 15 is 0 Å². The van der Waals surface area contributed by atoms with Gasteiger partial charge in [-0.05, 0) is 48.4 Å². The molecular formula is C15H15F2NS. The van der Waals surface area contributed by atoms with E-state index in [1.807, 2.05) is 11.4 Å². The van der Waals surface area contributed by atoms with Crippen molar-refractivity contribution in [3.05, 3.63) is 57.3 Å². The molecule has 0 radical (unpaired) electrons. The molecule has 1 aromatic carbocycles. The van der Waals surface area contributed by atoms with Crippen LogP contribution < -0.4 is 5.73 Å². The maximum Gasteiger partial charge on any atom is 0.130 e. The van der Waals surface area contributed by atoms with E-state index in [-0.39, 0.29) is 11.5 Å². The van der Waals surface area contributed by atoms with Gasteiger partial charge in [0.15, 0.2) is 0 Å². The summed E-state index contributed by atoms with van der Waals surface area (Å²) in [4.78, 5) is 1.31. The summed E-state index contributed by atoms with van der Waals surface area (Å²) in [6.07, 6.45) is 2.97. The number of nitrogens with two attached hydrogens (primary N) is 1. The third kappa shape index (κ3) is 2.19. The van der Waals surface area contributed by atoms with Gasteiger partial charge in [-0.15, -0.1) is 11.3 Å². The zero-order valence-corrected chi connectivity index (χ0v) is 11.2. The molecule has 2 atom stereocenters. The van der Waals surface area contributed by atoms with E-state index in [9.17, 15) is 8.78 Å². The molecule has 0 saturated carbocycles. The van der Waals surface area contributed by atoms with Crippen molar-refractivity contribution in [2.24, 2.45) is 5.73 Å². The van der Waals surface area contributed by atoms with Gasteiger partial charge in [-0.1, -0.05) is 6.07 Å². The fraction of sp³-hybridized carbons (Fsp3) is 0.333. The molecule has 19 heavy (non-hydrogen) atoms. The van der Waals surface area contributed by atoms with Crippen LogP contribution in [-0.4, -0.2) is 0 Å². The van der Waals surface area contributed by atoms with Gasteiger partial charge in [0.2, 0.25) is 0 Å². The Morgan fingerprint density at radius 3 is 2.68 bits per heavy atom. The smallest absolute Gasteiger partial charge is 0.130 e. The monoisotopic (exact) mass is 279 g/mol. The van der Waals surface area contributed by atoms with Crippen LogP contribution in [0.25, 0.3) is 0 Å². The molecule has 2 N–H and O–H groups in total. The number of aryl methyl sites for hydroxylation is 1. The largest absolute Gasteiger partial charge is 0.323 e. The zero-order valence-electron chi connectivity index (χ0n) is 10.4. The van der Waals surface area contributed by atoms with Gasteiger partial charge in [0.1, 0.15) is 11.6 Å². The first-order valence-electron chi connectivity index (χ1n) is 6.44. The second-order valence-electron chi connectivity index (χ2n) is 4.96. The van der Waals surface area contributed by atoms with Crippen molar-refractivity contribution in [1.82, 2.24) is 0 Å². The van der Waals surface area contributed by atoms with E-state index in [0.29, 0.717) is 0 Å². The minimum absolute atomic E-state index is 0.0152. The molecule has 2 unspecified atom stereocenters. The molecule has 2 aromatic rings. The molecule has 0 fully saturated rings. The minimum Gasteiger partial charge on any atom is -0.323 e. The molecule has 0 bridgehead atoms. The molecule has 0 saturated heterocycles. The predicted molar refractivity (Wildman–Crippen MR) is 73.3 cm³/mol. The number of hydrogen-bond donors (Lipinski definition) is 1. The van der Waals surface area contributed by atoms with Crippen LogP contribution in [0.3, 0.4) is 0 Å². The van der Waals surface area contributed by atoms with Gasteiger partial charge in [-0.2, -0.15) is 0 Å². The van der Waals surface area contributed by atoms with Gasteiger partial charge in [-0.3, -0.25) is 0 Å². The molecule has 1 aromatic heterocycles. The van der Waals surface area contributed by atoms with Crippen molar-refractivity contribution in [2.75, 3.05) is 0 Å². The molecule has 1 aliphatic carbocycles. The summed E-state index contributed by atoms with van der Waals surface area (Å²) in [5.74, 6) is -1.08. The van der Waals surface area contributed by atoms with Crippen molar-refractivity contribution in [1.29, 1.82) is 0 Å². The fourth-order valence-corrected chi connectivity index (χ4v) is 3.92. The molecule has 100 valence electrons. The Labute approximate surface area is 115 Å². The minimum atomic E-state index is -0.616. The van der Waals surface area contributed by atoms with E-state index in [1.165, 1.54) is 28.6 Å². The molecule has 0 spiro atoms. The van der Waals surface area contributed by atoms with Crippen LogP contribution in [-0.2, 0) is 6.42 Å². The summed E-state index contributed by atoms with van der Waals surface area (Å²) in [5.41, 5.74) is 7.36. The standard InChI is InChI=1S/C15H15F2NS/c16-11-4-2-5-12(17)14(11)15(18)10-3-1-6-13-9(10)7-8-19-13/h2,4-5,7-8,10,15H,1,3,6,18H2. The second kappa shape index (κ2) is 5.02. The molecule has 0 aliphatic heterocycles. The Bertz CT molecular complexity index is 573. The Morgan fingerprint density at radius 1 is 1.21 bits per heavy atom. The normalized spacial score (nSPS) is 20.1. The van der Waals surface area contributed by atoms with Crippen LogP contribution in [0.5, 0.6) is 0 Å². The summed E-state index contributed by atoms with van der Waals surface area (Å²) in [6.45, 7) is 0. The number of rotatable bonds is 2. The summed E-state index contributed by atoms with van der Waals surface area (Å²) in [7, 11) is 0. The van der Waals surface area contributed by atoms with E-state index in [0.717, 1.165) is 19.3 Å². The lowest BCUT2D eigenvalue weighted by atomic mass is 9.80. The zero-order chi connectivity index (χ0) is 13.4. The van der Waals surface area contributed by atoms with Crippen molar-refractivity contribution >= 4 is 11.3 Å². The average Bonchev–Trinajstić information content (AvgIpc) is 2.86. The van der Waals surface area contributed by atoms with Crippen molar-refractivity contribution in [3.8, 4) is 0 Å². The lowest BCUT2D eigenvalue weighted by Gasteiger charge is -2.28. The van der Waals surface area contributed by atoms with Crippen LogP contribution >= 0.6 is 11.3 Å². The first-order chi connectivity index (χ1) is 9.18. The molecule has 1 heterocycles. The molecule has 4 heteroatoms. The van der Waals surface area contributed by atoms with Crippen molar-refractivity contribution in [2.45, 2.75) is 31.2 Å². The number of benzene rings is 1. The van der Waals surface area contributed by atoms with Crippen LogP contribution in [0.1, 0.15) is 40.8 Å². The van der Waals surface area contributed by atoms with Crippen LogP contribution in [0.2, 0.25) is 0 Å². The van der Waals surface area contributed by atoms with Crippen molar-refractivity contribution in [3.63, 3.8) is 0 Å². The highest BCUT2D eigenvalue weighted by Crippen LogP contribution is 2.42. The average molecular weight is 279 g/mol. The first-order valence-corrected chi connectivity index (χ1v) is 7.32. The molecule has 3 rings (SSSR count). The van der Waals surface area contributed by atoms with Gasteiger partial charge >= 0.3 is 0 Å². The van der Waals surface area contributed by atoms with Crippen LogP contribution in [0.15, 0.2) is 29.6 Å². The van der Waals surface area contributed by atoms with Gasteiger partial charge in [-0.25, -0.2) is 8.78 Å². The quantitative estimate of drug-likeness (QED) is 0.878. The van der Waals surface area contributed by atoms with Crippen LogP contribution in [0.4, 0.5) is 8.78 Å². The summed E-state index contributed by atoms with van der Waals surface area (Å²) >= 11 is 1.71. The van der Waals surface area contributed by atoms with Gasteiger partial charge in [0.05, 0.1) is 0 Å². The highest BCUT2D eigenvalue weighted by molar-refractivity contribution is 7.10. The van der Waals surface area contributed by atoms with Crippen molar-refractivity contribution < 1.29 is 8.78 Å². The van der Waals surface area contributed by atoms with E-state index in [2.05, 4.69) is 0 Å². The third-order valence-corrected chi connectivity index (χ3v) is 4.86. The second-order valence-corrected chi connectivity index (χ2v) is 5.96. The van der Waals surface area contributed by atoms with Gasteiger partial charge in [0.25, 0.3) is 0 Å². The Morgan fingerprint density at radius 2 is 1.95 bits per heavy atom. The van der Waals surface area contributed by atoms with E-state index < -0.39 is 17.7 Å². The summed E-state index contributed by atoms with van der Waals surface area (Å²) < 4.78 is 27.7. The molecule has 1 nitrogen and oxygen atoms in total. The molecule has 0 amide bonds. The highest BCUT2D eigenvalue weighted by Gasteiger charge is 2.30.